The molecule has 0 aliphatic carbocycles. The van der Waals surface area contributed by atoms with Gasteiger partial charge in [-0.1, -0.05) is 23.4 Å². The predicted octanol–water partition coefficient (Wildman–Crippen LogP) is 4.21. The minimum Gasteiger partial charge on any atom is -0.329 e. The van der Waals surface area contributed by atoms with Crippen molar-refractivity contribution in [1.82, 2.24) is 14.5 Å². The third-order valence-corrected chi connectivity index (χ3v) is 4.47. The lowest BCUT2D eigenvalue weighted by Crippen LogP contribution is -2.07. The molecule has 0 bridgehead atoms. The number of hydrogen-bond donors (Lipinski definition) is 1. The van der Waals surface area contributed by atoms with E-state index in [2.05, 4.69) is 15.1 Å². The molecule has 0 radical (unpaired) electrons. The summed E-state index contributed by atoms with van der Waals surface area (Å²) in [5, 5.41) is 3.07. The number of benzene rings is 2. The first kappa shape index (κ1) is 16.0. The molecule has 0 amide bonds. The predicted molar refractivity (Wildman–Crippen MR) is 101 cm³/mol. The largest absolute Gasteiger partial charge is 0.329 e. The Hall–Kier alpha value is -3.54. The fourth-order valence-corrected chi connectivity index (χ4v) is 3.03. The molecule has 1 atom stereocenters. The summed E-state index contributed by atoms with van der Waals surface area (Å²) in [6.07, 6.45) is 3.35. The summed E-state index contributed by atoms with van der Waals surface area (Å²) in [5.74, 6) is 0. The highest BCUT2D eigenvalue weighted by molar-refractivity contribution is 5.79. The van der Waals surface area contributed by atoms with Crippen LogP contribution in [-0.4, -0.2) is 14.5 Å². The van der Waals surface area contributed by atoms with Crippen LogP contribution >= 0.6 is 0 Å². The lowest BCUT2D eigenvalue weighted by Gasteiger charge is -2.08. The third kappa shape index (κ3) is 2.71. The summed E-state index contributed by atoms with van der Waals surface area (Å²) >= 11 is 0. The molecule has 1 N–H and O–H groups in total. The Morgan fingerprint density at radius 3 is 2.81 bits per heavy atom. The fourth-order valence-electron chi connectivity index (χ4n) is 3.03. The molecule has 2 aromatic carbocycles. The van der Waals surface area contributed by atoms with E-state index in [4.69, 9.17) is 0 Å². The average molecular weight is 344 g/mol. The molecule has 0 aliphatic rings. The van der Waals surface area contributed by atoms with Crippen molar-refractivity contribution >= 4 is 11.0 Å². The van der Waals surface area contributed by atoms with Crippen LogP contribution in [0.25, 0.3) is 27.8 Å². The summed E-state index contributed by atoms with van der Waals surface area (Å²) < 4.78 is 1.96. The van der Waals surface area contributed by atoms with Crippen molar-refractivity contribution < 1.29 is 0 Å². The monoisotopic (exact) mass is 344 g/mol. The molecule has 6 heteroatoms. The van der Waals surface area contributed by atoms with Crippen molar-refractivity contribution in [2.45, 2.75) is 13.0 Å². The third-order valence-electron chi connectivity index (χ3n) is 4.47. The van der Waals surface area contributed by atoms with E-state index >= 15 is 0 Å². The number of rotatable bonds is 4. The maximum Gasteiger partial charge on any atom is 0.255 e. The van der Waals surface area contributed by atoms with E-state index in [1.807, 2.05) is 47.0 Å². The number of fused-ring (bicyclic) bond motifs is 1. The molecule has 4 aromatic rings. The highest BCUT2D eigenvalue weighted by Gasteiger charge is 2.11. The van der Waals surface area contributed by atoms with Crippen molar-refractivity contribution in [1.29, 1.82) is 0 Å². The van der Waals surface area contributed by atoms with Crippen molar-refractivity contribution in [3.63, 3.8) is 0 Å². The summed E-state index contributed by atoms with van der Waals surface area (Å²) in [7, 11) is 0. The zero-order chi connectivity index (χ0) is 18.1. The van der Waals surface area contributed by atoms with Crippen LogP contribution in [0.2, 0.25) is 0 Å². The van der Waals surface area contributed by atoms with Gasteiger partial charge in [-0.3, -0.25) is 9.36 Å². The van der Waals surface area contributed by atoms with E-state index in [1.54, 1.807) is 31.6 Å². The van der Waals surface area contributed by atoms with E-state index in [1.165, 1.54) is 0 Å². The van der Waals surface area contributed by atoms with Crippen LogP contribution in [0.1, 0.15) is 18.5 Å². The molecule has 2 heterocycles. The standard InChI is InChI=1S/C20H16N4O2/c1-13(23-26)14-7-8-19-18(11-14)22-12-24(19)16-5-2-4-15(10-16)17-6-3-9-21-20(17)25/h2-13H,1H3,(H,21,25). The molecule has 0 spiro atoms. The average Bonchev–Trinajstić information content (AvgIpc) is 3.11. The van der Waals surface area contributed by atoms with Gasteiger partial charge in [-0.05, 0) is 54.4 Å². The van der Waals surface area contributed by atoms with Gasteiger partial charge >= 0.3 is 0 Å². The van der Waals surface area contributed by atoms with Crippen molar-refractivity contribution in [2.75, 3.05) is 0 Å². The van der Waals surface area contributed by atoms with Gasteiger partial charge in [0.25, 0.3) is 5.56 Å². The van der Waals surface area contributed by atoms with Gasteiger partial charge in [-0.25, -0.2) is 4.98 Å². The van der Waals surface area contributed by atoms with Crippen LogP contribution in [0.5, 0.6) is 0 Å². The molecule has 0 saturated heterocycles. The Kier molecular flexibility index (Phi) is 3.93. The lowest BCUT2D eigenvalue weighted by molar-refractivity contribution is 0.813. The van der Waals surface area contributed by atoms with Crippen LogP contribution in [-0.2, 0) is 0 Å². The van der Waals surface area contributed by atoms with Crippen LogP contribution in [0.15, 0.2) is 77.1 Å². The number of imidazole rings is 1. The molecule has 0 fully saturated rings. The quantitative estimate of drug-likeness (QED) is 0.563. The van der Waals surface area contributed by atoms with Crippen LogP contribution < -0.4 is 5.56 Å². The molecule has 0 aliphatic heterocycles. The van der Waals surface area contributed by atoms with Gasteiger partial charge in [0.1, 0.15) is 12.4 Å². The Labute approximate surface area is 149 Å². The van der Waals surface area contributed by atoms with E-state index in [9.17, 15) is 9.70 Å². The SMILES string of the molecule is CC(N=O)c1ccc2c(c1)ncn2-c1cccc(-c2ccc[nH]c2=O)c1. The Balaban J connectivity index is 1.81. The summed E-state index contributed by atoms with van der Waals surface area (Å²) in [5.41, 5.74) is 4.78. The number of nitroso groups, excluding NO2 is 1. The fraction of sp³-hybridized carbons (Fsp3) is 0.100. The summed E-state index contributed by atoms with van der Waals surface area (Å²) in [4.78, 5) is 30.0. The highest BCUT2D eigenvalue weighted by Crippen LogP contribution is 2.25. The van der Waals surface area contributed by atoms with Crippen molar-refractivity contribution in [3.05, 3.63) is 87.9 Å². The number of hydrogen-bond acceptors (Lipinski definition) is 4. The smallest absolute Gasteiger partial charge is 0.255 e. The molecule has 6 nitrogen and oxygen atoms in total. The van der Waals surface area contributed by atoms with Crippen LogP contribution in [0.4, 0.5) is 0 Å². The molecular formula is C20H16N4O2. The van der Waals surface area contributed by atoms with Crippen LogP contribution in [0.3, 0.4) is 0 Å². The van der Waals surface area contributed by atoms with Gasteiger partial charge in [-0.15, -0.1) is 0 Å². The molecule has 0 saturated carbocycles. The molecule has 1 unspecified atom stereocenters. The lowest BCUT2D eigenvalue weighted by atomic mass is 10.1. The highest BCUT2D eigenvalue weighted by atomic mass is 16.3. The first-order valence-electron chi connectivity index (χ1n) is 8.25. The van der Waals surface area contributed by atoms with E-state index in [-0.39, 0.29) is 5.56 Å². The Bertz CT molecular complexity index is 1160. The van der Waals surface area contributed by atoms with E-state index < -0.39 is 6.04 Å². The number of H-pyrrole nitrogens is 1. The Morgan fingerprint density at radius 2 is 2.00 bits per heavy atom. The topological polar surface area (TPSA) is 80.1 Å². The first-order valence-corrected chi connectivity index (χ1v) is 8.25. The summed E-state index contributed by atoms with van der Waals surface area (Å²) in [6, 6.07) is 16.6. The molecule has 128 valence electrons. The van der Waals surface area contributed by atoms with E-state index in [0.29, 0.717) is 5.56 Å². The summed E-state index contributed by atoms with van der Waals surface area (Å²) in [6.45, 7) is 1.76. The number of pyridine rings is 1. The van der Waals surface area contributed by atoms with Gasteiger partial charge in [0.2, 0.25) is 0 Å². The van der Waals surface area contributed by atoms with Gasteiger partial charge in [0.05, 0.1) is 11.0 Å². The zero-order valence-corrected chi connectivity index (χ0v) is 14.1. The zero-order valence-electron chi connectivity index (χ0n) is 14.1. The second-order valence-corrected chi connectivity index (χ2v) is 6.11. The minimum absolute atomic E-state index is 0.125. The van der Waals surface area contributed by atoms with E-state index in [0.717, 1.165) is 27.8 Å². The molecule has 4 rings (SSSR count). The van der Waals surface area contributed by atoms with Gasteiger partial charge in [-0.2, -0.15) is 4.91 Å². The van der Waals surface area contributed by atoms with Gasteiger partial charge in [0, 0.05) is 17.4 Å². The number of aromatic amines is 1. The molecule has 26 heavy (non-hydrogen) atoms. The minimum atomic E-state index is -0.405. The van der Waals surface area contributed by atoms with Gasteiger partial charge < -0.3 is 4.98 Å². The first-order chi connectivity index (χ1) is 12.7. The van der Waals surface area contributed by atoms with Gasteiger partial charge in [0.15, 0.2) is 0 Å². The van der Waals surface area contributed by atoms with Crippen LogP contribution in [0, 0.1) is 4.91 Å². The second kappa shape index (κ2) is 6.40. The van der Waals surface area contributed by atoms with Crippen molar-refractivity contribution in [2.24, 2.45) is 5.18 Å². The number of aromatic nitrogens is 3. The Morgan fingerprint density at radius 1 is 1.12 bits per heavy atom. The molecule has 2 aromatic heterocycles. The maximum absolute atomic E-state index is 12.1. The molecular weight excluding hydrogens is 328 g/mol. The number of nitrogens with one attached hydrogen (secondary N) is 1. The normalized spacial score (nSPS) is 12.2. The number of nitrogens with zero attached hydrogens (tertiary/aromatic N) is 3. The second-order valence-electron chi connectivity index (χ2n) is 6.11. The van der Waals surface area contributed by atoms with Crippen molar-refractivity contribution in [3.8, 4) is 16.8 Å². The maximum atomic E-state index is 12.1.